The van der Waals surface area contributed by atoms with E-state index in [4.69, 9.17) is 0 Å². The van der Waals surface area contributed by atoms with Crippen molar-refractivity contribution >= 4 is 16.9 Å². The van der Waals surface area contributed by atoms with Crippen molar-refractivity contribution in [3.63, 3.8) is 0 Å². The molecule has 0 aliphatic rings. The van der Waals surface area contributed by atoms with Crippen molar-refractivity contribution in [1.29, 1.82) is 0 Å². The fourth-order valence-corrected chi connectivity index (χ4v) is 1.85. The number of nitrogens with one attached hydrogen (secondary N) is 1. The Morgan fingerprint density at radius 1 is 1.44 bits per heavy atom. The van der Waals surface area contributed by atoms with Gasteiger partial charge < -0.3 is 9.88 Å². The molecule has 4 nitrogen and oxygen atoms in total. The van der Waals surface area contributed by atoms with E-state index in [0.717, 1.165) is 23.4 Å². The Morgan fingerprint density at radius 3 is 3.00 bits per heavy atom. The number of anilines is 1. The molecule has 1 unspecified atom stereocenters. The SMILES string of the molecule is CCC(C)CN(C)c1ncnc2[nH]ccc12. The summed E-state index contributed by atoms with van der Waals surface area (Å²) in [7, 11) is 2.08. The van der Waals surface area contributed by atoms with Gasteiger partial charge in [-0.1, -0.05) is 20.3 Å². The minimum Gasteiger partial charge on any atom is -0.359 e. The molecule has 0 saturated heterocycles. The predicted octanol–water partition coefficient (Wildman–Crippen LogP) is 2.44. The van der Waals surface area contributed by atoms with Crippen LogP contribution in [0.25, 0.3) is 11.0 Å². The molecule has 2 rings (SSSR count). The Bertz CT molecular complexity index is 463. The zero-order chi connectivity index (χ0) is 11.5. The van der Waals surface area contributed by atoms with Crippen LogP contribution in [0.15, 0.2) is 18.6 Å². The number of hydrogen-bond acceptors (Lipinski definition) is 3. The lowest BCUT2D eigenvalue weighted by atomic mass is 10.1. The Balaban J connectivity index is 2.28. The number of rotatable bonds is 4. The molecule has 16 heavy (non-hydrogen) atoms. The van der Waals surface area contributed by atoms with E-state index in [1.54, 1.807) is 6.33 Å². The summed E-state index contributed by atoms with van der Waals surface area (Å²) in [6, 6.07) is 2.03. The van der Waals surface area contributed by atoms with Crippen molar-refractivity contribution in [2.45, 2.75) is 20.3 Å². The van der Waals surface area contributed by atoms with Crippen LogP contribution in [0.1, 0.15) is 20.3 Å². The van der Waals surface area contributed by atoms with E-state index >= 15 is 0 Å². The molecule has 0 fully saturated rings. The molecule has 0 aliphatic heterocycles. The molecular weight excluding hydrogens is 200 g/mol. The molecule has 4 heteroatoms. The van der Waals surface area contributed by atoms with Gasteiger partial charge in [0.15, 0.2) is 0 Å². The van der Waals surface area contributed by atoms with E-state index in [9.17, 15) is 0 Å². The normalized spacial score (nSPS) is 12.9. The van der Waals surface area contributed by atoms with Gasteiger partial charge in [0, 0.05) is 19.8 Å². The minimum atomic E-state index is 0.675. The highest BCUT2D eigenvalue weighted by Gasteiger charge is 2.11. The smallest absolute Gasteiger partial charge is 0.142 e. The Morgan fingerprint density at radius 2 is 2.25 bits per heavy atom. The zero-order valence-corrected chi connectivity index (χ0v) is 10.1. The molecule has 0 amide bonds. The number of aromatic amines is 1. The van der Waals surface area contributed by atoms with Crippen molar-refractivity contribution in [2.75, 3.05) is 18.5 Å². The summed E-state index contributed by atoms with van der Waals surface area (Å²) in [6.45, 7) is 5.49. The highest BCUT2D eigenvalue weighted by molar-refractivity contribution is 5.87. The molecule has 0 saturated carbocycles. The van der Waals surface area contributed by atoms with Crippen LogP contribution in [0, 0.1) is 5.92 Å². The quantitative estimate of drug-likeness (QED) is 0.857. The third kappa shape index (κ3) is 2.01. The van der Waals surface area contributed by atoms with Crippen molar-refractivity contribution in [3.05, 3.63) is 18.6 Å². The third-order valence-corrected chi connectivity index (χ3v) is 2.98. The number of aromatic nitrogens is 3. The van der Waals surface area contributed by atoms with Crippen LogP contribution in [0.2, 0.25) is 0 Å². The topological polar surface area (TPSA) is 44.8 Å². The summed E-state index contributed by atoms with van der Waals surface area (Å²) in [5.41, 5.74) is 0.904. The maximum absolute atomic E-state index is 4.36. The summed E-state index contributed by atoms with van der Waals surface area (Å²) < 4.78 is 0. The van der Waals surface area contributed by atoms with E-state index < -0.39 is 0 Å². The maximum Gasteiger partial charge on any atom is 0.142 e. The largest absolute Gasteiger partial charge is 0.359 e. The van der Waals surface area contributed by atoms with Crippen molar-refractivity contribution in [2.24, 2.45) is 5.92 Å². The second-order valence-electron chi connectivity index (χ2n) is 4.33. The first kappa shape index (κ1) is 10.9. The molecule has 0 aliphatic carbocycles. The van der Waals surface area contributed by atoms with E-state index in [1.165, 1.54) is 6.42 Å². The van der Waals surface area contributed by atoms with Gasteiger partial charge in [0.05, 0.1) is 5.39 Å². The summed E-state index contributed by atoms with van der Waals surface area (Å²) in [4.78, 5) is 13.9. The van der Waals surface area contributed by atoms with Crippen molar-refractivity contribution in [3.8, 4) is 0 Å². The Kier molecular flexibility index (Phi) is 3.08. The second kappa shape index (κ2) is 4.51. The highest BCUT2D eigenvalue weighted by atomic mass is 15.2. The second-order valence-corrected chi connectivity index (χ2v) is 4.33. The van der Waals surface area contributed by atoms with Gasteiger partial charge in [-0.25, -0.2) is 9.97 Å². The van der Waals surface area contributed by atoms with Gasteiger partial charge in [-0.05, 0) is 12.0 Å². The van der Waals surface area contributed by atoms with E-state index in [2.05, 4.69) is 40.7 Å². The van der Waals surface area contributed by atoms with Crippen molar-refractivity contribution in [1.82, 2.24) is 15.0 Å². The van der Waals surface area contributed by atoms with Crippen LogP contribution in [0.3, 0.4) is 0 Å². The lowest BCUT2D eigenvalue weighted by Crippen LogP contribution is -2.24. The van der Waals surface area contributed by atoms with Crippen LogP contribution in [-0.4, -0.2) is 28.5 Å². The van der Waals surface area contributed by atoms with Crippen LogP contribution in [-0.2, 0) is 0 Å². The zero-order valence-electron chi connectivity index (χ0n) is 10.1. The number of fused-ring (bicyclic) bond motifs is 1. The van der Waals surface area contributed by atoms with E-state index in [0.29, 0.717) is 5.92 Å². The minimum absolute atomic E-state index is 0.675. The van der Waals surface area contributed by atoms with Gasteiger partial charge in [0.2, 0.25) is 0 Å². The highest BCUT2D eigenvalue weighted by Crippen LogP contribution is 2.21. The summed E-state index contributed by atoms with van der Waals surface area (Å²) >= 11 is 0. The molecule has 0 radical (unpaired) electrons. The van der Waals surface area contributed by atoms with Gasteiger partial charge in [0.1, 0.15) is 17.8 Å². The molecule has 86 valence electrons. The molecule has 2 heterocycles. The molecular formula is C12H18N4. The Labute approximate surface area is 95.7 Å². The number of hydrogen-bond donors (Lipinski definition) is 1. The fourth-order valence-electron chi connectivity index (χ4n) is 1.85. The summed E-state index contributed by atoms with van der Waals surface area (Å²) in [5.74, 6) is 1.68. The van der Waals surface area contributed by atoms with Crippen molar-refractivity contribution < 1.29 is 0 Å². The van der Waals surface area contributed by atoms with Crippen LogP contribution < -0.4 is 4.90 Å². The molecule has 1 N–H and O–H groups in total. The van der Waals surface area contributed by atoms with Crippen LogP contribution in [0.5, 0.6) is 0 Å². The first-order chi connectivity index (χ1) is 7.72. The first-order valence-electron chi connectivity index (χ1n) is 5.71. The van der Waals surface area contributed by atoms with Gasteiger partial charge in [-0.3, -0.25) is 0 Å². The summed E-state index contributed by atoms with van der Waals surface area (Å²) in [6.07, 6.45) is 4.70. The first-order valence-corrected chi connectivity index (χ1v) is 5.71. The molecule has 2 aromatic rings. The monoisotopic (exact) mass is 218 g/mol. The summed E-state index contributed by atoms with van der Waals surface area (Å²) in [5, 5.41) is 1.09. The van der Waals surface area contributed by atoms with Gasteiger partial charge in [-0.15, -0.1) is 0 Å². The molecule has 0 bridgehead atoms. The maximum atomic E-state index is 4.36. The third-order valence-electron chi connectivity index (χ3n) is 2.98. The van der Waals surface area contributed by atoms with Gasteiger partial charge >= 0.3 is 0 Å². The molecule has 2 aromatic heterocycles. The van der Waals surface area contributed by atoms with E-state index in [-0.39, 0.29) is 0 Å². The lowest BCUT2D eigenvalue weighted by Gasteiger charge is -2.22. The number of nitrogens with zero attached hydrogens (tertiary/aromatic N) is 3. The van der Waals surface area contributed by atoms with E-state index in [1.807, 2.05) is 12.3 Å². The van der Waals surface area contributed by atoms with Crippen LogP contribution in [0.4, 0.5) is 5.82 Å². The lowest BCUT2D eigenvalue weighted by molar-refractivity contribution is 0.558. The molecule has 0 spiro atoms. The molecule has 1 atom stereocenters. The Hall–Kier alpha value is -1.58. The standard InChI is InChI=1S/C12H18N4/c1-4-9(2)7-16(3)12-10-5-6-13-11(10)14-8-15-12/h5-6,8-9H,4,7H2,1-3H3,(H,13,14,15). The fraction of sp³-hybridized carbons (Fsp3) is 0.500. The van der Waals surface area contributed by atoms with Gasteiger partial charge in [0.25, 0.3) is 0 Å². The van der Waals surface area contributed by atoms with Gasteiger partial charge in [-0.2, -0.15) is 0 Å². The average molecular weight is 218 g/mol. The predicted molar refractivity (Wildman–Crippen MR) is 66.6 cm³/mol. The molecule has 0 aromatic carbocycles. The number of H-pyrrole nitrogens is 1. The average Bonchev–Trinajstić information content (AvgIpc) is 2.76. The van der Waals surface area contributed by atoms with Crippen LogP contribution >= 0.6 is 0 Å².